The van der Waals surface area contributed by atoms with Gasteiger partial charge in [-0.2, -0.15) is 5.10 Å². The first-order valence-corrected chi connectivity index (χ1v) is 7.19. The van der Waals surface area contributed by atoms with Crippen molar-refractivity contribution in [2.45, 2.75) is 26.9 Å². The van der Waals surface area contributed by atoms with Crippen LogP contribution in [0, 0.1) is 6.92 Å². The van der Waals surface area contributed by atoms with Gasteiger partial charge in [0.05, 0.1) is 19.4 Å². The van der Waals surface area contributed by atoms with Crippen LogP contribution >= 0.6 is 0 Å². The Labute approximate surface area is 134 Å². The molecule has 2 N–H and O–H groups in total. The van der Waals surface area contributed by atoms with Crippen molar-refractivity contribution in [3.63, 3.8) is 0 Å². The number of H-pyrrole nitrogens is 1. The Hall–Kier alpha value is -2.83. The molecule has 7 nitrogen and oxygen atoms in total. The van der Waals surface area contributed by atoms with E-state index in [4.69, 9.17) is 9.47 Å². The Balaban J connectivity index is 2.14. The summed E-state index contributed by atoms with van der Waals surface area (Å²) in [6.45, 7) is 5.63. The number of nitrogens with one attached hydrogen (secondary N) is 2. The lowest BCUT2D eigenvalue weighted by Gasteiger charge is -2.13. The van der Waals surface area contributed by atoms with Crippen LogP contribution in [0.2, 0.25) is 0 Å². The molecule has 0 amide bonds. The van der Waals surface area contributed by atoms with E-state index in [1.807, 2.05) is 32.0 Å². The summed E-state index contributed by atoms with van der Waals surface area (Å²) in [6, 6.07) is 6.90. The van der Waals surface area contributed by atoms with Crippen molar-refractivity contribution >= 4 is 12.2 Å². The summed E-state index contributed by atoms with van der Waals surface area (Å²) in [7, 11) is 1.59. The maximum absolute atomic E-state index is 11.3. The van der Waals surface area contributed by atoms with E-state index in [-0.39, 0.29) is 11.7 Å². The quantitative estimate of drug-likeness (QED) is 0.630. The van der Waals surface area contributed by atoms with Crippen molar-refractivity contribution in [1.82, 2.24) is 9.97 Å². The zero-order valence-corrected chi connectivity index (χ0v) is 13.6. The van der Waals surface area contributed by atoms with Gasteiger partial charge in [-0.05, 0) is 44.5 Å². The summed E-state index contributed by atoms with van der Waals surface area (Å²) in [5.41, 5.74) is 3.90. The monoisotopic (exact) mass is 316 g/mol. The number of benzene rings is 1. The van der Waals surface area contributed by atoms with Crippen LogP contribution in [-0.2, 0) is 0 Å². The van der Waals surface area contributed by atoms with E-state index in [0.29, 0.717) is 23.1 Å². The topological polar surface area (TPSA) is 88.6 Å². The molecule has 0 spiro atoms. The summed E-state index contributed by atoms with van der Waals surface area (Å²) in [6.07, 6.45) is 1.64. The zero-order chi connectivity index (χ0) is 16.8. The Morgan fingerprint density at radius 2 is 2.09 bits per heavy atom. The number of hydrazone groups is 1. The lowest BCUT2D eigenvalue weighted by molar-refractivity contribution is 0.230. The molecule has 0 unspecified atom stereocenters. The first-order chi connectivity index (χ1) is 11.0. The highest BCUT2D eigenvalue weighted by Crippen LogP contribution is 2.28. The molecule has 0 aliphatic carbocycles. The number of rotatable bonds is 6. The highest BCUT2D eigenvalue weighted by molar-refractivity contribution is 5.81. The number of nitrogens with zero attached hydrogens (tertiary/aromatic N) is 2. The summed E-state index contributed by atoms with van der Waals surface area (Å²) in [4.78, 5) is 18.0. The molecule has 0 atom stereocenters. The van der Waals surface area contributed by atoms with E-state index >= 15 is 0 Å². The van der Waals surface area contributed by atoms with Crippen LogP contribution in [0.5, 0.6) is 11.5 Å². The Kier molecular flexibility index (Phi) is 5.35. The second-order valence-corrected chi connectivity index (χ2v) is 5.18. The molecule has 2 aromatic rings. The Bertz CT molecular complexity index is 753. The van der Waals surface area contributed by atoms with Gasteiger partial charge in [-0.15, -0.1) is 0 Å². The van der Waals surface area contributed by atoms with Crippen LogP contribution in [0.3, 0.4) is 0 Å². The zero-order valence-electron chi connectivity index (χ0n) is 13.6. The van der Waals surface area contributed by atoms with E-state index < -0.39 is 0 Å². The molecule has 0 aliphatic rings. The van der Waals surface area contributed by atoms with Gasteiger partial charge in [-0.3, -0.25) is 9.78 Å². The largest absolute Gasteiger partial charge is 0.493 e. The number of hydrogen-bond acceptors (Lipinski definition) is 6. The van der Waals surface area contributed by atoms with Crippen molar-refractivity contribution in [3.05, 3.63) is 45.9 Å². The third-order valence-corrected chi connectivity index (χ3v) is 2.80. The average molecular weight is 316 g/mol. The minimum Gasteiger partial charge on any atom is -0.493 e. The molecule has 7 heteroatoms. The van der Waals surface area contributed by atoms with Gasteiger partial charge in [0.1, 0.15) is 0 Å². The molecule has 0 saturated heterocycles. The Morgan fingerprint density at radius 1 is 1.30 bits per heavy atom. The molecule has 0 fully saturated rings. The van der Waals surface area contributed by atoms with E-state index in [2.05, 4.69) is 20.5 Å². The number of aryl methyl sites for hydroxylation is 1. The predicted molar refractivity (Wildman–Crippen MR) is 89.6 cm³/mol. The average Bonchev–Trinajstić information content (AvgIpc) is 2.46. The van der Waals surface area contributed by atoms with Crippen LogP contribution in [0.4, 0.5) is 5.95 Å². The fourth-order valence-electron chi connectivity index (χ4n) is 1.92. The van der Waals surface area contributed by atoms with Crippen LogP contribution in [-0.4, -0.2) is 29.4 Å². The molecule has 23 heavy (non-hydrogen) atoms. The van der Waals surface area contributed by atoms with Crippen LogP contribution in [0.25, 0.3) is 0 Å². The van der Waals surface area contributed by atoms with Gasteiger partial charge in [0, 0.05) is 11.8 Å². The molecular formula is C16H20N4O3. The van der Waals surface area contributed by atoms with Crippen molar-refractivity contribution in [2.24, 2.45) is 5.10 Å². The normalized spacial score (nSPS) is 11.0. The summed E-state index contributed by atoms with van der Waals surface area (Å²) >= 11 is 0. The first kappa shape index (κ1) is 16.5. The fraction of sp³-hybridized carbons (Fsp3) is 0.312. The van der Waals surface area contributed by atoms with Gasteiger partial charge in [0.25, 0.3) is 5.56 Å². The molecule has 1 aromatic heterocycles. The number of aromatic nitrogens is 2. The molecule has 1 heterocycles. The second-order valence-electron chi connectivity index (χ2n) is 5.18. The van der Waals surface area contributed by atoms with E-state index in [0.717, 1.165) is 5.56 Å². The van der Waals surface area contributed by atoms with Gasteiger partial charge >= 0.3 is 0 Å². The third-order valence-electron chi connectivity index (χ3n) is 2.80. The molecule has 0 radical (unpaired) electrons. The predicted octanol–water partition coefficient (Wildman–Crippen LogP) is 2.32. The number of anilines is 1. The lowest BCUT2D eigenvalue weighted by atomic mass is 10.2. The highest BCUT2D eigenvalue weighted by Gasteiger charge is 2.06. The molecule has 122 valence electrons. The summed E-state index contributed by atoms with van der Waals surface area (Å²) in [5.74, 6) is 1.60. The van der Waals surface area contributed by atoms with Crippen LogP contribution < -0.4 is 20.5 Å². The van der Waals surface area contributed by atoms with Crippen LogP contribution in [0.15, 0.2) is 34.2 Å². The smallest absolute Gasteiger partial charge is 0.252 e. The molecular weight excluding hydrogens is 296 g/mol. The minimum atomic E-state index is -0.229. The second kappa shape index (κ2) is 7.44. The number of hydrogen-bond donors (Lipinski definition) is 2. The lowest BCUT2D eigenvalue weighted by Crippen LogP contribution is -2.10. The Morgan fingerprint density at radius 3 is 2.74 bits per heavy atom. The molecule has 0 saturated carbocycles. The maximum Gasteiger partial charge on any atom is 0.252 e. The van der Waals surface area contributed by atoms with E-state index in [1.165, 1.54) is 6.07 Å². The van der Waals surface area contributed by atoms with Gasteiger partial charge in [-0.1, -0.05) is 0 Å². The number of aromatic amines is 1. The molecule has 1 aromatic carbocycles. The van der Waals surface area contributed by atoms with Gasteiger partial charge < -0.3 is 9.47 Å². The number of methoxy groups -OCH3 is 1. The molecule has 2 rings (SSSR count). The summed E-state index contributed by atoms with van der Waals surface area (Å²) in [5, 5.41) is 4.07. The van der Waals surface area contributed by atoms with E-state index in [1.54, 1.807) is 20.2 Å². The standard InChI is InChI=1S/C16H20N4O3/c1-10(2)23-14-8-12(5-6-13(14)22-4)9-17-20-16-18-11(3)7-15(21)19-16/h5-10H,1-4H3,(H2,18,19,20,21)/b17-9-. The van der Waals surface area contributed by atoms with Crippen molar-refractivity contribution in [1.29, 1.82) is 0 Å². The van der Waals surface area contributed by atoms with Crippen LogP contribution in [0.1, 0.15) is 25.1 Å². The van der Waals surface area contributed by atoms with Gasteiger partial charge in [0.15, 0.2) is 11.5 Å². The highest BCUT2D eigenvalue weighted by atomic mass is 16.5. The van der Waals surface area contributed by atoms with Crippen molar-refractivity contribution in [3.8, 4) is 11.5 Å². The van der Waals surface area contributed by atoms with Crippen molar-refractivity contribution < 1.29 is 9.47 Å². The third kappa shape index (κ3) is 4.84. The van der Waals surface area contributed by atoms with Crippen molar-refractivity contribution in [2.75, 3.05) is 12.5 Å². The first-order valence-electron chi connectivity index (χ1n) is 7.19. The maximum atomic E-state index is 11.3. The minimum absolute atomic E-state index is 0.0378. The summed E-state index contributed by atoms with van der Waals surface area (Å²) < 4.78 is 11.0. The molecule has 0 bridgehead atoms. The fourth-order valence-corrected chi connectivity index (χ4v) is 1.92. The number of ether oxygens (including phenoxy) is 2. The molecule has 0 aliphatic heterocycles. The SMILES string of the molecule is COc1ccc(/C=N\Nc2nc(C)cc(=O)[nH]2)cc1OC(C)C. The van der Waals surface area contributed by atoms with E-state index in [9.17, 15) is 4.79 Å². The van der Waals surface area contributed by atoms with Gasteiger partial charge in [-0.25, -0.2) is 10.4 Å². The van der Waals surface area contributed by atoms with Gasteiger partial charge in [0.2, 0.25) is 5.95 Å².